The first-order chi connectivity index (χ1) is 15.0. The summed E-state index contributed by atoms with van der Waals surface area (Å²) in [5.74, 6) is 0.623. The van der Waals surface area contributed by atoms with Crippen LogP contribution in [-0.2, 0) is 17.9 Å². The average Bonchev–Trinajstić information content (AvgIpc) is 3.15. The molecule has 1 aromatic heterocycles. The summed E-state index contributed by atoms with van der Waals surface area (Å²) in [7, 11) is 1.91. The second kappa shape index (κ2) is 9.33. The highest BCUT2D eigenvalue weighted by Crippen LogP contribution is 2.23. The van der Waals surface area contributed by atoms with Crippen LogP contribution in [0.1, 0.15) is 53.8 Å². The SMILES string of the molecule is Cc1ccc(C(=O)NCc2nc3ccccc3n2CC(=O)N(C)C2CCCCC2)cc1. The fourth-order valence-electron chi connectivity index (χ4n) is 4.32. The molecule has 1 aliphatic rings. The van der Waals surface area contributed by atoms with Gasteiger partial charge < -0.3 is 14.8 Å². The number of amides is 2. The van der Waals surface area contributed by atoms with Crippen LogP contribution in [0.4, 0.5) is 0 Å². The molecule has 0 spiro atoms. The highest BCUT2D eigenvalue weighted by Gasteiger charge is 2.23. The Balaban J connectivity index is 1.52. The Morgan fingerprint density at radius 1 is 1.06 bits per heavy atom. The van der Waals surface area contributed by atoms with Crippen molar-refractivity contribution in [2.75, 3.05) is 7.05 Å². The monoisotopic (exact) mass is 418 g/mol. The van der Waals surface area contributed by atoms with Gasteiger partial charge in [0.15, 0.2) is 0 Å². The molecule has 4 rings (SSSR count). The van der Waals surface area contributed by atoms with E-state index in [4.69, 9.17) is 4.98 Å². The Morgan fingerprint density at radius 2 is 1.77 bits per heavy atom. The quantitative estimate of drug-likeness (QED) is 0.656. The second-order valence-corrected chi connectivity index (χ2v) is 8.45. The number of aromatic nitrogens is 2. The van der Waals surface area contributed by atoms with Crippen molar-refractivity contribution in [2.45, 2.75) is 58.2 Å². The first-order valence-electron chi connectivity index (χ1n) is 11.1. The normalized spacial score (nSPS) is 14.5. The van der Waals surface area contributed by atoms with Gasteiger partial charge in [0.1, 0.15) is 12.4 Å². The number of carbonyl (C=O) groups excluding carboxylic acids is 2. The third-order valence-corrected chi connectivity index (χ3v) is 6.26. The van der Waals surface area contributed by atoms with Gasteiger partial charge in [-0.3, -0.25) is 9.59 Å². The smallest absolute Gasteiger partial charge is 0.251 e. The van der Waals surface area contributed by atoms with E-state index in [9.17, 15) is 9.59 Å². The first-order valence-corrected chi connectivity index (χ1v) is 11.1. The number of para-hydroxylation sites is 2. The standard InChI is InChI=1S/C25H30N4O2/c1-18-12-14-19(15-13-18)25(31)26-16-23-27-21-10-6-7-11-22(21)29(23)17-24(30)28(2)20-8-4-3-5-9-20/h6-7,10-15,20H,3-5,8-9,16-17H2,1-2H3,(H,26,31). The molecule has 1 N–H and O–H groups in total. The largest absolute Gasteiger partial charge is 0.345 e. The number of carbonyl (C=O) groups is 2. The molecule has 6 heteroatoms. The lowest BCUT2D eigenvalue weighted by Gasteiger charge is -2.31. The van der Waals surface area contributed by atoms with E-state index in [-0.39, 0.29) is 24.9 Å². The van der Waals surface area contributed by atoms with Crippen molar-refractivity contribution in [3.8, 4) is 0 Å². The topological polar surface area (TPSA) is 67.2 Å². The van der Waals surface area contributed by atoms with E-state index in [1.54, 1.807) is 0 Å². The molecule has 0 saturated heterocycles. The van der Waals surface area contributed by atoms with Gasteiger partial charge in [0.05, 0.1) is 17.6 Å². The summed E-state index contributed by atoms with van der Waals surface area (Å²) in [6, 6.07) is 15.6. The zero-order valence-corrected chi connectivity index (χ0v) is 18.3. The van der Waals surface area contributed by atoms with Crippen LogP contribution in [0.15, 0.2) is 48.5 Å². The zero-order valence-electron chi connectivity index (χ0n) is 18.3. The summed E-state index contributed by atoms with van der Waals surface area (Å²) in [5, 5.41) is 2.95. The van der Waals surface area contributed by atoms with Gasteiger partial charge in [-0.25, -0.2) is 4.98 Å². The Labute approximate surface area is 183 Å². The number of fused-ring (bicyclic) bond motifs is 1. The molecule has 1 fully saturated rings. The number of benzene rings is 2. The van der Waals surface area contributed by atoms with Crippen LogP contribution in [0.5, 0.6) is 0 Å². The molecule has 0 atom stereocenters. The maximum absolute atomic E-state index is 13.1. The minimum atomic E-state index is -0.149. The van der Waals surface area contributed by atoms with Gasteiger partial charge in [0.25, 0.3) is 5.91 Å². The van der Waals surface area contributed by atoms with E-state index < -0.39 is 0 Å². The number of hydrogen-bond acceptors (Lipinski definition) is 3. The van der Waals surface area contributed by atoms with Gasteiger partial charge in [-0.15, -0.1) is 0 Å². The minimum absolute atomic E-state index is 0.0844. The Morgan fingerprint density at radius 3 is 2.52 bits per heavy atom. The number of likely N-dealkylation sites (N-methyl/N-ethyl adjacent to an activating group) is 1. The summed E-state index contributed by atoms with van der Waals surface area (Å²) in [5.41, 5.74) is 3.46. The van der Waals surface area contributed by atoms with Crippen molar-refractivity contribution in [1.82, 2.24) is 19.8 Å². The van der Waals surface area contributed by atoms with Crippen molar-refractivity contribution in [3.05, 3.63) is 65.5 Å². The van der Waals surface area contributed by atoms with E-state index in [1.807, 2.05) is 72.0 Å². The van der Waals surface area contributed by atoms with Gasteiger partial charge in [-0.2, -0.15) is 0 Å². The average molecular weight is 419 g/mol. The van der Waals surface area contributed by atoms with Crippen molar-refractivity contribution in [1.29, 1.82) is 0 Å². The van der Waals surface area contributed by atoms with Crippen LogP contribution in [0, 0.1) is 6.92 Å². The molecule has 6 nitrogen and oxygen atoms in total. The minimum Gasteiger partial charge on any atom is -0.345 e. The molecule has 0 aliphatic heterocycles. The Hall–Kier alpha value is -3.15. The summed E-state index contributed by atoms with van der Waals surface area (Å²) in [6.07, 6.45) is 5.79. The van der Waals surface area contributed by atoms with Crippen molar-refractivity contribution in [3.63, 3.8) is 0 Å². The first kappa shape index (κ1) is 21.1. The maximum Gasteiger partial charge on any atom is 0.251 e. The summed E-state index contributed by atoms with van der Waals surface area (Å²) >= 11 is 0. The van der Waals surface area contributed by atoms with Gasteiger partial charge >= 0.3 is 0 Å². The van der Waals surface area contributed by atoms with Crippen LogP contribution in [0.3, 0.4) is 0 Å². The van der Waals surface area contributed by atoms with Gasteiger partial charge in [0, 0.05) is 18.7 Å². The van der Waals surface area contributed by atoms with E-state index in [2.05, 4.69) is 5.32 Å². The summed E-state index contributed by atoms with van der Waals surface area (Å²) in [6.45, 7) is 2.48. The second-order valence-electron chi connectivity index (χ2n) is 8.45. The zero-order chi connectivity index (χ0) is 21.8. The highest BCUT2D eigenvalue weighted by molar-refractivity contribution is 5.94. The molecule has 0 unspecified atom stereocenters. The number of hydrogen-bond donors (Lipinski definition) is 1. The Kier molecular flexibility index (Phi) is 6.35. The van der Waals surface area contributed by atoms with Crippen LogP contribution in [0.2, 0.25) is 0 Å². The number of imidazole rings is 1. The van der Waals surface area contributed by atoms with Gasteiger partial charge in [0.2, 0.25) is 5.91 Å². The fraction of sp³-hybridized carbons (Fsp3) is 0.400. The third-order valence-electron chi connectivity index (χ3n) is 6.26. The number of nitrogens with one attached hydrogen (secondary N) is 1. The van der Waals surface area contributed by atoms with Crippen LogP contribution in [-0.4, -0.2) is 39.4 Å². The molecule has 1 aliphatic carbocycles. The molecular weight excluding hydrogens is 388 g/mol. The van der Waals surface area contributed by atoms with Crippen LogP contribution < -0.4 is 5.32 Å². The van der Waals surface area contributed by atoms with E-state index in [0.29, 0.717) is 17.4 Å². The molecule has 2 aromatic carbocycles. The summed E-state index contributed by atoms with van der Waals surface area (Å²) in [4.78, 5) is 32.3. The number of nitrogens with zero attached hydrogens (tertiary/aromatic N) is 3. The van der Waals surface area contributed by atoms with Crippen molar-refractivity contribution >= 4 is 22.8 Å². The molecule has 162 valence electrons. The molecule has 1 saturated carbocycles. The Bertz CT molecular complexity index is 1060. The lowest BCUT2D eigenvalue weighted by molar-refractivity contribution is -0.133. The number of rotatable bonds is 6. The maximum atomic E-state index is 13.1. The van der Waals surface area contributed by atoms with E-state index in [0.717, 1.165) is 29.4 Å². The molecule has 1 heterocycles. The predicted molar refractivity (Wildman–Crippen MR) is 122 cm³/mol. The van der Waals surface area contributed by atoms with Crippen LogP contribution >= 0.6 is 0 Å². The van der Waals surface area contributed by atoms with Crippen molar-refractivity contribution in [2.24, 2.45) is 0 Å². The third kappa shape index (κ3) is 4.79. The molecular formula is C25H30N4O2. The van der Waals surface area contributed by atoms with Crippen LogP contribution in [0.25, 0.3) is 11.0 Å². The lowest BCUT2D eigenvalue weighted by Crippen LogP contribution is -2.40. The fourth-order valence-corrected chi connectivity index (χ4v) is 4.32. The lowest BCUT2D eigenvalue weighted by atomic mass is 9.94. The predicted octanol–water partition coefficient (Wildman–Crippen LogP) is 4.07. The number of aryl methyl sites for hydroxylation is 1. The molecule has 31 heavy (non-hydrogen) atoms. The van der Waals surface area contributed by atoms with E-state index >= 15 is 0 Å². The van der Waals surface area contributed by atoms with Crippen molar-refractivity contribution < 1.29 is 9.59 Å². The highest BCUT2D eigenvalue weighted by atomic mass is 16.2. The van der Waals surface area contributed by atoms with Gasteiger partial charge in [-0.1, -0.05) is 49.1 Å². The molecule has 2 amide bonds. The molecule has 0 radical (unpaired) electrons. The van der Waals surface area contributed by atoms with E-state index in [1.165, 1.54) is 19.3 Å². The summed E-state index contributed by atoms with van der Waals surface area (Å²) < 4.78 is 1.94. The molecule has 0 bridgehead atoms. The van der Waals surface area contributed by atoms with Gasteiger partial charge in [-0.05, 0) is 44.0 Å². The molecule has 3 aromatic rings.